The Morgan fingerprint density at radius 1 is 1.00 bits per heavy atom. The summed E-state index contributed by atoms with van der Waals surface area (Å²) in [6.07, 6.45) is 3.27. The number of benzene rings is 1. The molecular weight excluding hydrogens is 344 g/mol. The molecule has 1 aliphatic heterocycles. The predicted molar refractivity (Wildman–Crippen MR) is 97.3 cm³/mol. The van der Waals surface area contributed by atoms with Crippen molar-refractivity contribution in [1.29, 1.82) is 0 Å². The average Bonchev–Trinajstić information content (AvgIpc) is 3.15. The highest BCUT2D eigenvalue weighted by atomic mass is 35.5. The molecule has 24 heavy (non-hydrogen) atoms. The number of piperazine rings is 1. The van der Waals surface area contributed by atoms with E-state index in [-0.39, 0.29) is 11.8 Å². The minimum Gasteiger partial charge on any atom is -0.336 e. The van der Waals surface area contributed by atoms with Gasteiger partial charge in [0.1, 0.15) is 0 Å². The highest BCUT2D eigenvalue weighted by molar-refractivity contribution is 7.12. The van der Waals surface area contributed by atoms with E-state index >= 15 is 0 Å². The van der Waals surface area contributed by atoms with Gasteiger partial charge in [-0.3, -0.25) is 9.59 Å². The number of rotatable bonds is 3. The topological polar surface area (TPSA) is 40.6 Å². The van der Waals surface area contributed by atoms with E-state index in [4.69, 9.17) is 11.6 Å². The summed E-state index contributed by atoms with van der Waals surface area (Å²) in [5, 5.41) is 2.51. The average molecular weight is 361 g/mol. The predicted octanol–water partition coefficient (Wildman–Crippen LogP) is 3.40. The lowest BCUT2D eigenvalue weighted by Crippen LogP contribution is -2.50. The fourth-order valence-electron chi connectivity index (χ4n) is 2.56. The molecule has 0 aliphatic carbocycles. The summed E-state index contributed by atoms with van der Waals surface area (Å²) in [6, 6.07) is 11.1. The number of carbonyl (C=O) groups excluding carboxylic acids is 2. The number of hydrogen-bond donors (Lipinski definition) is 0. The second kappa shape index (κ2) is 7.64. The zero-order chi connectivity index (χ0) is 16.9. The van der Waals surface area contributed by atoms with Gasteiger partial charge in [-0.1, -0.05) is 35.9 Å². The molecule has 2 amide bonds. The van der Waals surface area contributed by atoms with Crippen molar-refractivity contribution in [3.63, 3.8) is 0 Å². The lowest BCUT2D eigenvalue weighted by Gasteiger charge is -2.34. The molecule has 4 nitrogen and oxygen atoms in total. The second-order valence-corrected chi connectivity index (χ2v) is 6.80. The highest BCUT2D eigenvalue weighted by Crippen LogP contribution is 2.17. The van der Waals surface area contributed by atoms with Gasteiger partial charge in [-0.25, -0.2) is 0 Å². The van der Waals surface area contributed by atoms with Gasteiger partial charge in [-0.05, 0) is 29.2 Å². The van der Waals surface area contributed by atoms with Gasteiger partial charge in [0, 0.05) is 37.3 Å². The second-order valence-electron chi connectivity index (χ2n) is 5.45. The summed E-state index contributed by atoms with van der Waals surface area (Å²) in [6.45, 7) is 2.20. The van der Waals surface area contributed by atoms with E-state index in [0.29, 0.717) is 31.2 Å². The first-order valence-electron chi connectivity index (χ1n) is 7.69. The molecule has 0 unspecified atom stereocenters. The fraction of sp³-hybridized carbons (Fsp3) is 0.222. The Hall–Kier alpha value is -2.11. The molecule has 1 fully saturated rings. The summed E-state index contributed by atoms with van der Waals surface area (Å²) in [5.41, 5.74) is 0.819. The number of carbonyl (C=O) groups is 2. The molecule has 1 aromatic heterocycles. The molecule has 0 bridgehead atoms. The zero-order valence-electron chi connectivity index (χ0n) is 13.0. The van der Waals surface area contributed by atoms with Crippen molar-refractivity contribution in [2.24, 2.45) is 0 Å². The highest BCUT2D eigenvalue weighted by Gasteiger charge is 2.24. The molecule has 0 saturated carbocycles. The van der Waals surface area contributed by atoms with Crippen LogP contribution in [0.15, 0.2) is 47.9 Å². The van der Waals surface area contributed by atoms with Gasteiger partial charge in [0.05, 0.1) is 4.88 Å². The smallest absolute Gasteiger partial charge is 0.264 e. The van der Waals surface area contributed by atoms with Gasteiger partial charge in [0.25, 0.3) is 5.91 Å². The summed E-state index contributed by atoms with van der Waals surface area (Å²) in [4.78, 5) is 28.9. The van der Waals surface area contributed by atoms with E-state index in [2.05, 4.69) is 0 Å². The van der Waals surface area contributed by atoms with Gasteiger partial charge in [-0.2, -0.15) is 0 Å². The quantitative estimate of drug-likeness (QED) is 0.787. The molecule has 0 spiro atoms. The molecule has 3 rings (SSSR count). The zero-order valence-corrected chi connectivity index (χ0v) is 14.6. The Morgan fingerprint density at radius 3 is 2.38 bits per heavy atom. The SMILES string of the molecule is O=C(/C=C/c1ccccc1Cl)N1CCN(C(=O)c2cccs2)CC1. The standard InChI is InChI=1S/C18H17ClN2O2S/c19-15-5-2-1-4-14(15)7-8-17(22)20-9-11-21(12-10-20)18(23)16-6-3-13-24-16/h1-8,13H,9-12H2/b8-7+. The van der Waals surface area contributed by atoms with Crippen LogP contribution in [0, 0.1) is 0 Å². The van der Waals surface area contributed by atoms with E-state index in [1.807, 2.05) is 35.7 Å². The van der Waals surface area contributed by atoms with Crippen LogP contribution >= 0.6 is 22.9 Å². The largest absolute Gasteiger partial charge is 0.336 e. The van der Waals surface area contributed by atoms with Crippen LogP contribution in [0.25, 0.3) is 6.08 Å². The first-order chi connectivity index (χ1) is 11.6. The van der Waals surface area contributed by atoms with Crippen LogP contribution in [0.1, 0.15) is 15.2 Å². The molecule has 1 aliphatic rings. The summed E-state index contributed by atoms with van der Waals surface area (Å²) in [5.74, 6) is -0.0122. The fourth-order valence-corrected chi connectivity index (χ4v) is 3.45. The van der Waals surface area contributed by atoms with Crippen LogP contribution in [-0.2, 0) is 4.79 Å². The Labute approximate surface area is 149 Å². The van der Waals surface area contributed by atoms with Gasteiger partial charge in [0.15, 0.2) is 0 Å². The molecule has 0 atom stereocenters. The van der Waals surface area contributed by atoms with Crippen molar-refractivity contribution in [2.45, 2.75) is 0 Å². The maximum absolute atomic E-state index is 12.3. The molecule has 0 radical (unpaired) electrons. The number of hydrogen-bond acceptors (Lipinski definition) is 3. The Kier molecular flexibility index (Phi) is 5.33. The lowest BCUT2D eigenvalue weighted by molar-refractivity contribution is -0.127. The molecule has 124 valence electrons. The Balaban J connectivity index is 1.55. The van der Waals surface area contributed by atoms with Gasteiger partial charge in [0.2, 0.25) is 5.91 Å². The maximum Gasteiger partial charge on any atom is 0.264 e. The van der Waals surface area contributed by atoms with Gasteiger partial charge in [-0.15, -0.1) is 11.3 Å². The minimum atomic E-state index is -0.0573. The van der Waals surface area contributed by atoms with Crippen molar-refractivity contribution in [3.8, 4) is 0 Å². The summed E-state index contributed by atoms with van der Waals surface area (Å²) in [7, 11) is 0. The van der Waals surface area contributed by atoms with Crippen molar-refractivity contribution in [3.05, 3.63) is 63.3 Å². The lowest BCUT2D eigenvalue weighted by atomic mass is 10.2. The van der Waals surface area contributed by atoms with Crippen LogP contribution in [0.2, 0.25) is 5.02 Å². The van der Waals surface area contributed by atoms with Gasteiger partial charge >= 0.3 is 0 Å². The summed E-state index contributed by atoms with van der Waals surface area (Å²) < 4.78 is 0. The number of halogens is 1. The summed E-state index contributed by atoms with van der Waals surface area (Å²) >= 11 is 7.52. The van der Waals surface area contributed by atoms with E-state index in [9.17, 15) is 9.59 Å². The van der Waals surface area contributed by atoms with Crippen LogP contribution in [0.3, 0.4) is 0 Å². The first-order valence-corrected chi connectivity index (χ1v) is 8.95. The van der Waals surface area contributed by atoms with Crippen molar-refractivity contribution in [1.82, 2.24) is 9.80 Å². The Morgan fingerprint density at radius 2 is 1.71 bits per heavy atom. The van der Waals surface area contributed by atoms with Crippen LogP contribution in [0.4, 0.5) is 0 Å². The van der Waals surface area contributed by atoms with Gasteiger partial charge < -0.3 is 9.80 Å². The first kappa shape index (κ1) is 16.7. The number of nitrogens with zero attached hydrogens (tertiary/aromatic N) is 2. The molecular formula is C18H17ClN2O2S. The number of amides is 2. The third-order valence-corrected chi connectivity index (χ3v) is 5.12. The third-order valence-electron chi connectivity index (χ3n) is 3.92. The molecule has 2 aromatic rings. The van der Waals surface area contributed by atoms with E-state index in [1.165, 1.54) is 17.4 Å². The monoisotopic (exact) mass is 360 g/mol. The third kappa shape index (κ3) is 3.86. The maximum atomic E-state index is 12.3. The minimum absolute atomic E-state index is 0.0451. The van der Waals surface area contributed by atoms with Crippen LogP contribution < -0.4 is 0 Å². The molecule has 1 saturated heterocycles. The van der Waals surface area contributed by atoms with Crippen molar-refractivity contribution >= 4 is 40.8 Å². The molecule has 1 aromatic carbocycles. The molecule has 2 heterocycles. The van der Waals surface area contributed by atoms with Crippen LogP contribution in [0.5, 0.6) is 0 Å². The normalized spacial score (nSPS) is 15.0. The van der Waals surface area contributed by atoms with Crippen molar-refractivity contribution < 1.29 is 9.59 Å². The van der Waals surface area contributed by atoms with E-state index < -0.39 is 0 Å². The molecule has 6 heteroatoms. The van der Waals surface area contributed by atoms with Crippen molar-refractivity contribution in [2.75, 3.05) is 26.2 Å². The Bertz CT molecular complexity index is 750. The van der Waals surface area contributed by atoms with E-state index in [1.54, 1.807) is 21.9 Å². The van der Waals surface area contributed by atoms with Crippen LogP contribution in [-0.4, -0.2) is 47.8 Å². The van der Waals surface area contributed by atoms with E-state index in [0.717, 1.165) is 10.4 Å². The molecule has 0 N–H and O–H groups in total. The number of thiophene rings is 1.